The molecule has 10 nitrogen and oxygen atoms in total. The van der Waals surface area contributed by atoms with Gasteiger partial charge in [-0.2, -0.15) is 0 Å². The van der Waals surface area contributed by atoms with Crippen LogP contribution in [0.2, 0.25) is 0 Å². The van der Waals surface area contributed by atoms with Crippen molar-refractivity contribution in [3.8, 4) is 0 Å². The zero-order chi connectivity index (χ0) is 31.2. The molecule has 6 fully saturated rings. The Morgan fingerprint density at radius 2 is 1.75 bits per heavy atom. The van der Waals surface area contributed by atoms with E-state index in [-0.39, 0.29) is 65.9 Å². The maximum atomic E-state index is 13.7. The number of ether oxygens (including phenoxy) is 6. The van der Waals surface area contributed by atoms with Gasteiger partial charge < -0.3 is 33.5 Å². The van der Waals surface area contributed by atoms with E-state index < -0.39 is 28.6 Å². The van der Waals surface area contributed by atoms with Crippen LogP contribution in [0.1, 0.15) is 43.5 Å². The smallest absolute Gasteiger partial charge is 0.338 e. The van der Waals surface area contributed by atoms with E-state index >= 15 is 0 Å². The maximum absolute atomic E-state index is 13.7. The molecular formula is C34H47NO9. The number of hydrogen-bond donors (Lipinski definition) is 1. The Balaban J connectivity index is 1.48. The molecule has 1 aromatic rings. The van der Waals surface area contributed by atoms with Crippen LogP contribution in [0.4, 0.5) is 0 Å². The second kappa shape index (κ2) is 10.7. The Bertz CT molecular complexity index is 1280. The number of rotatable bonds is 9. The van der Waals surface area contributed by atoms with Crippen molar-refractivity contribution < 1.29 is 43.1 Å². The fourth-order valence-electron chi connectivity index (χ4n) is 12.2. The van der Waals surface area contributed by atoms with E-state index in [0.29, 0.717) is 31.6 Å². The van der Waals surface area contributed by atoms with E-state index in [0.717, 1.165) is 13.0 Å². The number of carbonyl (C=O) groups is 2. The molecule has 44 heavy (non-hydrogen) atoms. The van der Waals surface area contributed by atoms with Gasteiger partial charge in [-0.05, 0) is 31.0 Å². The number of piperidine rings is 1. The van der Waals surface area contributed by atoms with Gasteiger partial charge in [-0.25, -0.2) is 4.79 Å². The fraction of sp³-hybridized carbons (Fsp3) is 0.765. The van der Waals surface area contributed by atoms with Gasteiger partial charge in [0.15, 0.2) is 0 Å². The highest BCUT2D eigenvalue weighted by Gasteiger charge is 2.89. The minimum atomic E-state index is -1.01. The van der Waals surface area contributed by atoms with Gasteiger partial charge in [0, 0.05) is 95.3 Å². The number of nitrogens with zero attached hydrogens (tertiary/aromatic N) is 1. The second-order valence-corrected chi connectivity index (χ2v) is 14.1. The molecule has 1 saturated heterocycles. The molecule has 5 aliphatic carbocycles. The number of carbonyl (C=O) groups excluding carboxylic acids is 2. The molecule has 1 aromatic carbocycles. The SMILES string of the molecule is CCN1C[C@@]2(COC)[C@@H](O)C[C@H](OC)[C@]34[C@@H]5C[C@H]6[C@@H](OC(=O)c7ccccc7)[C@@H]5[C@@](OC(C)=O)(C[C@H]6OC)[C@H]([C@@H](OC)[C@@H]23)[C@H]14. The predicted octanol–water partition coefficient (Wildman–Crippen LogP) is 2.56. The highest BCUT2D eigenvalue weighted by molar-refractivity contribution is 5.89. The van der Waals surface area contributed by atoms with Gasteiger partial charge in [0.2, 0.25) is 0 Å². The Morgan fingerprint density at radius 1 is 1.00 bits per heavy atom. The topological polar surface area (TPSA) is 113 Å². The molecule has 14 atom stereocenters. The third kappa shape index (κ3) is 3.64. The highest BCUT2D eigenvalue weighted by atomic mass is 16.6. The van der Waals surface area contributed by atoms with E-state index in [1.807, 2.05) is 18.2 Å². The largest absolute Gasteiger partial charge is 0.458 e. The average Bonchev–Trinajstić information content (AvgIpc) is 3.44. The molecule has 1 spiro atoms. The summed E-state index contributed by atoms with van der Waals surface area (Å²) in [7, 11) is 6.88. The first-order valence-electron chi connectivity index (χ1n) is 16.1. The van der Waals surface area contributed by atoms with E-state index in [1.165, 1.54) is 6.92 Å². The molecule has 7 rings (SSSR count). The Hall–Kier alpha value is -2.08. The lowest BCUT2D eigenvalue weighted by molar-refractivity contribution is -0.297. The number of fused-ring (bicyclic) bond motifs is 2. The van der Waals surface area contributed by atoms with E-state index in [1.54, 1.807) is 40.6 Å². The van der Waals surface area contributed by atoms with E-state index in [2.05, 4.69) is 11.8 Å². The van der Waals surface area contributed by atoms with Crippen LogP contribution in [0.3, 0.4) is 0 Å². The molecule has 0 radical (unpaired) electrons. The third-order valence-corrected chi connectivity index (χ3v) is 13.0. The molecule has 0 unspecified atom stereocenters. The van der Waals surface area contributed by atoms with Crippen LogP contribution < -0.4 is 0 Å². The first-order valence-corrected chi connectivity index (χ1v) is 16.1. The fourth-order valence-corrected chi connectivity index (χ4v) is 12.2. The van der Waals surface area contributed by atoms with Crippen molar-refractivity contribution in [2.24, 2.45) is 40.4 Å². The predicted molar refractivity (Wildman–Crippen MR) is 158 cm³/mol. The second-order valence-electron chi connectivity index (χ2n) is 14.1. The Morgan fingerprint density at radius 3 is 2.36 bits per heavy atom. The average molecular weight is 614 g/mol. The number of benzene rings is 1. The van der Waals surface area contributed by atoms with Crippen molar-refractivity contribution in [1.29, 1.82) is 0 Å². The zero-order valence-corrected chi connectivity index (χ0v) is 26.6. The van der Waals surface area contributed by atoms with Crippen LogP contribution in [0, 0.1) is 40.4 Å². The van der Waals surface area contributed by atoms with Crippen LogP contribution in [0.15, 0.2) is 30.3 Å². The quantitative estimate of drug-likeness (QED) is 0.417. The molecule has 1 N–H and O–H groups in total. The lowest BCUT2D eigenvalue weighted by Gasteiger charge is -2.70. The summed E-state index contributed by atoms with van der Waals surface area (Å²) in [5, 5.41) is 12.0. The first kappa shape index (κ1) is 30.6. The Labute approximate surface area is 259 Å². The summed E-state index contributed by atoms with van der Waals surface area (Å²) in [6, 6.07) is 9.02. The Kier molecular flexibility index (Phi) is 7.46. The summed E-state index contributed by atoms with van der Waals surface area (Å²) >= 11 is 0. The minimum absolute atomic E-state index is 0.0367. The van der Waals surface area contributed by atoms with Gasteiger partial charge in [0.25, 0.3) is 0 Å². The van der Waals surface area contributed by atoms with E-state index in [4.69, 9.17) is 28.4 Å². The van der Waals surface area contributed by atoms with Gasteiger partial charge in [-0.3, -0.25) is 9.69 Å². The first-order chi connectivity index (χ1) is 21.2. The monoisotopic (exact) mass is 613 g/mol. The van der Waals surface area contributed by atoms with Crippen molar-refractivity contribution in [2.75, 3.05) is 48.1 Å². The molecular weight excluding hydrogens is 566 g/mol. The minimum Gasteiger partial charge on any atom is -0.458 e. The summed E-state index contributed by atoms with van der Waals surface area (Å²) in [4.78, 5) is 29.4. The van der Waals surface area contributed by atoms with Gasteiger partial charge in [-0.1, -0.05) is 25.1 Å². The highest BCUT2D eigenvalue weighted by Crippen LogP contribution is 2.80. The van der Waals surface area contributed by atoms with Gasteiger partial charge in [0.05, 0.1) is 36.6 Å². The third-order valence-electron chi connectivity index (χ3n) is 13.0. The molecule has 0 aromatic heterocycles. The molecule has 7 bridgehead atoms. The molecule has 5 saturated carbocycles. The normalized spacial score (nSPS) is 48.2. The lowest BCUT2D eigenvalue weighted by Crippen LogP contribution is -2.79. The summed E-state index contributed by atoms with van der Waals surface area (Å²) in [5.41, 5.74) is -1.61. The number of aliphatic hydroxyl groups is 1. The molecule has 1 heterocycles. The van der Waals surface area contributed by atoms with Crippen LogP contribution in [0.25, 0.3) is 0 Å². The van der Waals surface area contributed by atoms with Crippen molar-refractivity contribution in [3.63, 3.8) is 0 Å². The number of aliphatic hydroxyl groups excluding tert-OH is 1. The van der Waals surface area contributed by atoms with Gasteiger partial charge >= 0.3 is 11.9 Å². The zero-order valence-electron chi connectivity index (χ0n) is 26.6. The number of methoxy groups -OCH3 is 4. The van der Waals surface area contributed by atoms with Gasteiger partial charge in [0.1, 0.15) is 11.7 Å². The number of esters is 2. The van der Waals surface area contributed by atoms with Gasteiger partial charge in [-0.15, -0.1) is 0 Å². The molecule has 0 amide bonds. The van der Waals surface area contributed by atoms with Crippen molar-refractivity contribution in [2.45, 2.75) is 75.3 Å². The van der Waals surface area contributed by atoms with Crippen molar-refractivity contribution in [3.05, 3.63) is 35.9 Å². The summed E-state index contributed by atoms with van der Waals surface area (Å²) < 4.78 is 38.3. The summed E-state index contributed by atoms with van der Waals surface area (Å²) in [6.45, 7) is 5.40. The lowest BCUT2D eigenvalue weighted by atomic mass is 9.42. The molecule has 1 aliphatic heterocycles. The summed E-state index contributed by atoms with van der Waals surface area (Å²) in [5.74, 6) is -1.57. The van der Waals surface area contributed by atoms with Crippen LogP contribution >= 0.6 is 0 Å². The maximum Gasteiger partial charge on any atom is 0.338 e. The van der Waals surface area contributed by atoms with Crippen molar-refractivity contribution in [1.82, 2.24) is 4.90 Å². The standard InChI is InChI=1S/C34H47NO9/c1-7-35-16-32(17-39-3)23(37)14-24(41-5)34-21-13-20-22(40-4)15-33(44-18(2)36,26(30(34)35)28(42-6)29(32)34)25(21)27(20)43-31(38)19-11-9-8-10-12-19/h8-12,20-30,37H,7,13-17H2,1-6H3/t20-,21-,22-,23+,24+,25-,26-,27-,28-,29+,30+,32-,33+,34-/m1/s1. The van der Waals surface area contributed by atoms with Crippen LogP contribution in [-0.4, -0.2) is 112 Å². The number of likely N-dealkylation sites (tertiary alicyclic amines) is 1. The molecule has 242 valence electrons. The van der Waals surface area contributed by atoms with Crippen LogP contribution in [0.5, 0.6) is 0 Å². The van der Waals surface area contributed by atoms with E-state index in [9.17, 15) is 14.7 Å². The summed E-state index contributed by atoms with van der Waals surface area (Å²) in [6.07, 6.45) is -0.424. The van der Waals surface area contributed by atoms with Crippen LogP contribution in [-0.2, 0) is 33.2 Å². The molecule has 6 aliphatic rings. The number of hydrogen-bond acceptors (Lipinski definition) is 10. The molecule has 10 heteroatoms. The van der Waals surface area contributed by atoms with Crippen molar-refractivity contribution >= 4 is 11.9 Å².